The molecular weight excluding hydrogens is 316 g/mol. The van der Waals surface area contributed by atoms with Crippen molar-refractivity contribution in [1.29, 1.82) is 0 Å². The molecule has 3 amide bonds. The van der Waals surface area contributed by atoms with E-state index in [1.807, 2.05) is 6.92 Å². The summed E-state index contributed by atoms with van der Waals surface area (Å²) in [6.45, 7) is 3.50. The van der Waals surface area contributed by atoms with E-state index in [1.165, 1.54) is 17.8 Å². The van der Waals surface area contributed by atoms with Crippen molar-refractivity contribution in [3.63, 3.8) is 0 Å². The lowest BCUT2D eigenvalue weighted by Gasteiger charge is -2.29. The van der Waals surface area contributed by atoms with E-state index in [9.17, 15) is 14.4 Å². The van der Waals surface area contributed by atoms with Crippen LogP contribution in [0.15, 0.2) is 12.1 Å². The van der Waals surface area contributed by atoms with Gasteiger partial charge in [0.05, 0.1) is 0 Å². The Bertz CT molecular complexity index is 584. The molecule has 0 bridgehead atoms. The van der Waals surface area contributed by atoms with Gasteiger partial charge in [0.15, 0.2) is 6.61 Å². The summed E-state index contributed by atoms with van der Waals surface area (Å²) < 4.78 is 4.89. The Morgan fingerprint density at radius 2 is 2.00 bits per heavy atom. The van der Waals surface area contributed by atoms with Crippen LogP contribution in [0.25, 0.3) is 0 Å². The second-order valence-electron chi connectivity index (χ2n) is 5.88. The van der Waals surface area contributed by atoms with Crippen molar-refractivity contribution in [2.45, 2.75) is 45.6 Å². The summed E-state index contributed by atoms with van der Waals surface area (Å²) in [5.41, 5.74) is 0. The highest BCUT2D eigenvalue weighted by Crippen LogP contribution is 2.23. The summed E-state index contributed by atoms with van der Waals surface area (Å²) in [6, 6.07) is 3.02. The van der Waals surface area contributed by atoms with Crippen molar-refractivity contribution in [3.05, 3.63) is 21.9 Å². The Hall–Kier alpha value is -1.89. The fourth-order valence-electron chi connectivity index (χ4n) is 2.64. The number of thiophene rings is 1. The van der Waals surface area contributed by atoms with Crippen LogP contribution in [0.1, 0.15) is 47.2 Å². The summed E-state index contributed by atoms with van der Waals surface area (Å²) >= 11 is 1.30. The molecule has 6 nitrogen and oxygen atoms in total. The minimum Gasteiger partial charge on any atom is -0.451 e. The molecule has 1 aliphatic carbocycles. The zero-order chi connectivity index (χ0) is 16.8. The first-order valence-electron chi connectivity index (χ1n) is 7.79. The molecule has 2 rings (SSSR count). The lowest BCUT2D eigenvalue weighted by molar-refractivity contribution is -0.123. The van der Waals surface area contributed by atoms with Gasteiger partial charge in [-0.3, -0.25) is 10.1 Å². The molecule has 1 saturated carbocycles. The van der Waals surface area contributed by atoms with Gasteiger partial charge in [0.1, 0.15) is 4.88 Å². The van der Waals surface area contributed by atoms with Crippen molar-refractivity contribution < 1.29 is 19.1 Å². The normalized spacial score (nSPS) is 20.6. The molecule has 1 aromatic heterocycles. The predicted molar refractivity (Wildman–Crippen MR) is 87.4 cm³/mol. The minimum absolute atomic E-state index is 0.0909. The van der Waals surface area contributed by atoms with Gasteiger partial charge in [0.25, 0.3) is 5.91 Å². The lowest BCUT2D eigenvalue weighted by atomic mass is 9.86. The number of imide groups is 1. The van der Waals surface area contributed by atoms with Gasteiger partial charge in [-0.25, -0.2) is 9.59 Å². The van der Waals surface area contributed by atoms with Crippen molar-refractivity contribution >= 4 is 29.2 Å². The van der Waals surface area contributed by atoms with E-state index in [0.717, 1.165) is 24.1 Å². The Balaban J connectivity index is 1.71. The second-order valence-corrected chi connectivity index (χ2v) is 7.16. The third kappa shape index (κ3) is 5.35. The van der Waals surface area contributed by atoms with Crippen molar-refractivity contribution in [1.82, 2.24) is 10.6 Å². The van der Waals surface area contributed by atoms with Crippen LogP contribution in [-0.2, 0) is 9.53 Å². The van der Waals surface area contributed by atoms with Gasteiger partial charge >= 0.3 is 12.0 Å². The zero-order valence-electron chi connectivity index (χ0n) is 13.4. The van der Waals surface area contributed by atoms with Gasteiger partial charge < -0.3 is 10.1 Å². The van der Waals surface area contributed by atoms with E-state index in [2.05, 4.69) is 17.6 Å². The van der Waals surface area contributed by atoms with Gasteiger partial charge in [0, 0.05) is 10.9 Å². The van der Waals surface area contributed by atoms with E-state index >= 15 is 0 Å². The van der Waals surface area contributed by atoms with Crippen LogP contribution in [0.2, 0.25) is 0 Å². The van der Waals surface area contributed by atoms with Crippen LogP contribution in [-0.4, -0.2) is 30.6 Å². The molecule has 1 heterocycles. The number of rotatable bonds is 4. The number of aryl methyl sites for hydroxylation is 1. The molecule has 0 saturated heterocycles. The van der Waals surface area contributed by atoms with Crippen LogP contribution in [0, 0.1) is 12.8 Å². The molecule has 0 unspecified atom stereocenters. The number of ether oxygens (including phenoxy) is 1. The average Bonchev–Trinajstić information content (AvgIpc) is 2.94. The quantitative estimate of drug-likeness (QED) is 0.827. The monoisotopic (exact) mass is 338 g/mol. The summed E-state index contributed by atoms with van der Waals surface area (Å²) in [5.74, 6) is -0.781. The van der Waals surface area contributed by atoms with Crippen molar-refractivity contribution in [3.8, 4) is 0 Å². The summed E-state index contributed by atoms with van der Waals surface area (Å²) in [5, 5.41) is 5.01. The van der Waals surface area contributed by atoms with E-state index < -0.39 is 24.5 Å². The van der Waals surface area contributed by atoms with Gasteiger partial charge in [-0.15, -0.1) is 11.3 Å². The highest BCUT2D eigenvalue weighted by molar-refractivity contribution is 7.13. The van der Waals surface area contributed by atoms with E-state index in [4.69, 9.17) is 4.74 Å². The largest absolute Gasteiger partial charge is 0.451 e. The first-order valence-corrected chi connectivity index (χ1v) is 8.61. The Morgan fingerprint density at radius 1 is 1.26 bits per heavy atom. The standard InChI is InChI=1S/C16H22N2O4S/c1-10-5-3-4-6-12(10)17-16(21)18-14(19)9-22-15(20)13-8-7-11(2)23-13/h7-8,10,12H,3-6,9H2,1-2H3,(H2,17,18,19,21)/t10-,12+/m1/s1. The highest BCUT2D eigenvalue weighted by Gasteiger charge is 2.23. The highest BCUT2D eigenvalue weighted by atomic mass is 32.1. The summed E-state index contributed by atoms with van der Waals surface area (Å²) in [6.07, 6.45) is 4.27. The van der Waals surface area contributed by atoms with E-state index in [0.29, 0.717) is 10.8 Å². The van der Waals surface area contributed by atoms with Crippen LogP contribution >= 0.6 is 11.3 Å². The van der Waals surface area contributed by atoms with Crippen LogP contribution in [0.5, 0.6) is 0 Å². The number of carbonyl (C=O) groups is 3. The SMILES string of the molecule is Cc1ccc(C(=O)OCC(=O)NC(=O)N[C@H]2CCCC[C@H]2C)s1. The fourth-order valence-corrected chi connectivity index (χ4v) is 3.41. The van der Waals surface area contributed by atoms with Crippen molar-refractivity contribution in [2.24, 2.45) is 5.92 Å². The van der Waals surface area contributed by atoms with Gasteiger partial charge in [-0.1, -0.05) is 19.8 Å². The maximum atomic E-state index is 11.8. The molecule has 1 fully saturated rings. The van der Waals surface area contributed by atoms with Crippen LogP contribution in [0.4, 0.5) is 4.79 Å². The maximum absolute atomic E-state index is 11.8. The predicted octanol–water partition coefficient (Wildman–Crippen LogP) is 2.62. The number of hydrogen-bond acceptors (Lipinski definition) is 5. The smallest absolute Gasteiger partial charge is 0.348 e. The molecule has 0 radical (unpaired) electrons. The Morgan fingerprint density at radius 3 is 2.65 bits per heavy atom. The summed E-state index contributed by atoms with van der Waals surface area (Å²) in [4.78, 5) is 36.6. The third-order valence-electron chi connectivity index (χ3n) is 3.96. The minimum atomic E-state index is -0.632. The molecular formula is C16H22N2O4S. The van der Waals surface area contributed by atoms with Gasteiger partial charge in [-0.2, -0.15) is 0 Å². The average molecular weight is 338 g/mol. The Kier molecular flexibility index (Phi) is 6.15. The molecule has 126 valence electrons. The zero-order valence-corrected chi connectivity index (χ0v) is 14.2. The second kappa shape index (κ2) is 8.10. The van der Waals surface area contributed by atoms with Crippen LogP contribution < -0.4 is 10.6 Å². The molecule has 2 atom stereocenters. The van der Waals surface area contributed by atoms with Crippen molar-refractivity contribution in [2.75, 3.05) is 6.61 Å². The molecule has 7 heteroatoms. The first kappa shape index (κ1) is 17.5. The number of nitrogens with one attached hydrogen (secondary N) is 2. The van der Waals surface area contributed by atoms with Crippen LogP contribution in [0.3, 0.4) is 0 Å². The Labute approximate surface area is 139 Å². The number of hydrogen-bond donors (Lipinski definition) is 2. The molecule has 2 N–H and O–H groups in total. The van der Waals surface area contributed by atoms with E-state index in [-0.39, 0.29) is 6.04 Å². The number of amides is 3. The maximum Gasteiger partial charge on any atom is 0.348 e. The number of carbonyl (C=O) groups excluding carboxylic acids is 3. The summed E-state index contributed by atoms with van der Waals surface area (Å²) in [7, 11) is 0. The lowest BCUT2D eigenvalue weighted by Crippen LogP contribution is -2.48. The van der Waals surface area contributed by atoms with E-state index in [1.54, 1.807) is 12.1 Å². The molecule has 0 spiro atoms. The fraction of sp³-hybridized carbons (Fsp3) is 0.562. The van der Waals surface area contributed by atoms with Gasteiger partial charge in [-0.05, 0) is 37.8 Å². The molecule has 1 aliphatic rings. The first-order chi connectivity index (χ1) is 11.0. The molecule has 0 aromatic carbocycles. The topological polar surface area (TPSA) is 84.5 Å². The number of urea groups is 1. The number of esters is 1. The third-order valence-corrected chi connectivity index (χ3v) is 4.94. The van der Waals surface area contributed by atoms with Gasteiger partial charge in [0.2, 0.25) is 0 Å². The molecule has 0 aliphatic heterocycles. The molecule has 1 aromatic rings. The molecule has 23 heavy (non-hydrogen) atoms.